The van der Waals surface area contributed by atoms with Crippen LogP contribution in [-0.4, -0.2) is 7.63 Å². The first-order valence-corrected chi connectivity index (χ1v) is 15.1. The van der Waals surface area contributed by atoms with Crippen LogP contribution in [0, 0.1) is 19.1 Å². The van der Waals surface area contributed by atoms with E-state index in [1.807, 2.05) is 38.9 Å². The number of rotatable bonds is 1. The molecule has 0 radical (unpaired) electrons. The van der Waals surface area contributed by atoms with Gasteiger partial charge in [0.05, 0.1) is 0 Å². The van der Waals surface area contributed by atoms with Gasteiger partial charge in [0.15, 0.2) is 0 Å². The molecular formula is C30H31Cl2SiTi-3. The van der Waals surface area contributed by atoms with Crippen LogP contribution in [0.15, 0.2) is 84.9 Å². The molecule has 0 bridgehead atoms. The number of fused-ring (bicyclic) bond motifs is 6. The second-order valence-electron chi connectivity index (χ2n) is 7.65. The molecule has 4 heteroatoms. The molecule has 0 atom stereocenters. The van der Waals surface area contributed by atoms with Gasteiger partial charge in [-0.3, -0.25) is 0 Å². The van der Waals surface area contributed by atoms with E-state index in [-0.39, 0.29) is 24.8 Å². The van der Waals surface area contributed by atoms with E-state index in [1.165, 1.54) is 50.9 Å². The van der Waals surface area contributed by atoms with Crippen LogP contribution >= 0.6 is 24.8 Å². The number of hydrogen-bond donors (Lipinski definition) is 0. The maximum absolute atomic E-state index is 3.60. The molecular weight excluding hydrogens is 507 g/mol. The second-order valence-corrected chi connectivity index (χ2v) is 7.65. The normalized spacial score (nSPS) is 10.4. The van der Waals surface area contributed by atoms with Crippen molar-refractivity contribution in [1.82, 2.24) is 0 Å². The fraction of sp³-hybridized carbons (Fsp3) is 0.167. The van der Waals surface area contributed by atoms with E-state index in [1.54, 1.807) is 0 Å². The minimum Gasteiger partial charge on any atom is -0.179 e. The molecule has 6 rings (SSSR count). The number of unbranched alkanes of at least 4 members (excludes halogenated alkanes) is 1. The fourth-order valence-electron chi connectivity index (χ4n) is 4.00. The van der Waals surface area contributed by atoms with Gasteiger partial charge < -0.3 is 6.92 Å². The van der Waals surface area contributed by atoms with Crippen molar-refractivity contribution >= 4 is 32.4 Å². The molecule has 0 unspecified atom stereocenters. The first-order chi connectivity index (χ1) is 15.8. The Hall–Kier alpha value is -1.61. The Morgan fingerprint density at radius 3 is 1.41 bits per heavy atom. The summed E-state index contributed by atoms with van der Waals surface area (Å²) in [5.41, 5.74) is 11.0. The quantitative estimate of drug-likeness (QED) is 0.149. The summed E-state index contributed by atoms with van der Waals surface area (Å²) in [5.74, 6) is 0. The molecule has 0 saturated carbocycles. The largest absolute Gasteiger partial charge is 0.179 e. The van der Waals surface area contributed by atoms with Crippen molar-refractivity contribution in [2.24, 2.45) is 0 Å². The topological polar surface area (TPSA) is 0 Å². The zero-order valence-corrected chi connectivity index (χ0v) is 24.3. The molecule has 0 fully saturated rings. The smallest absolute Gasteiger partial charge is 0.0253 e. The maximum atomic E-state index is 3.60. The standard InChI is InChI=1S/2C13H9.C4H9.2ClH.H2Si.Ti/c2*1-3-7-12-10(5-1)9-11-6-2-4-8-13(11)12;1-3-4-2;;;;/h2*1-5,7-8H,9H2;1,3-4H2,2H3;2*1H;1H2;/q3*-1;;;;. The van der Waals surface area contributed by atoms with Crippen LogP contribution in [-0.2, 0) is 32.0 Å². The van der Waals surface area contributed by atoms with Crippen LogP contribution in [0.2, 0.25) is 0 Å². The Balaban J connectivity index is 0.000000265. The Labute approximate surface area is 231 Å². The predicted molar refractivity (Wildman–Crippen MR) is 150 cm³/mol. The van der Waals surface area contributed by atoms with E-state index >= 15 is 0 Å². The van der Waals surface area contributed by atoms with Crippen molar-refractivity contribution in [1.29, 1.82) is 0 Å². The predicted octanol–water partition coefficient (Wildman–Crippen LogP) is 7.66. The van der Waals surface area contributed by atoms with Crippen molar-refractivity contribution in [2.45, 2.75) is 32.6 Å². The van der Waals surface area contributed by atoms with Gasteiger partial charge in [0, 0.05) is 0 Å². The summed E-state index contributed by atoms with van der Waals surface area (Å²) >= 11 is 2.03. The number of halogens is 2. The fourth-order valence-corrected chi connectivity index (χ4v) is 4.00. The van der Waals surface area contributed by atoms with Crippen molar-refractivity contribution in [2.75, 3.05) is 0 Å². The average Bonchev–Trinajstić information content (AvgIpc) is 3.44. The van der Waals surface area contributed by atoms with Crippen LogP contribution in [0.3, 0.4) is 0 Å². The van der Waals surface area contributed by atoms with Crippen LogP contribution in [0.4, 0.5) is 0 Å². The van der Waals surface area contributed by atoms with E-state index in [0.717, 1.165) is 19.3 Å². The Kier molecular flexibility index (Phi) is 14.4. The SMILES string of the molecule is Cl.Cl.[CH2-]CCC.[SiH2]=[Ti].[c-]1cccc2c1Cc1ccccc1-2.[c-]1cccc2c1Cc1ccccc1-2. The monoisotopic (exact) mass is 537 g/mol. The summed E-state index contributed by atoms with van der Waals surface area (Å²) in [7, 11) is 1.86. The van der Waals surface area contributed by atoms with Gasteiger partial charge in [0.2, 0.25) is 0 Å². The van der Waals surface area contributed by atoms with Crippen LogP contribution in [0.1, 0.15) is 42.0 Å². The zero-order chi connectivity index (χ0) is 22.8. The molecule has 0 spiro atoms. The summed E-state index contributed by atoms with van der Waals surface area (Å²) in [6.07, 6.45) is 4.37. The van der Waals surface area contributed by atoms with Gasteiger partial charge >= 0.3 is 26.8 Å². The van der Waals surface area contributed by atoms with E-state index in [4.69, 9.17) is 0 Å². The molecule has 0 N–H and O–H groups in total. The van der Waals surface area contributed by atoms with Gasteiger partial charge in [0.25, 0.3) is 0 Å². The molecule has 0 saturated heterocycles. The Bertz CT molecular complexity index is 982. The molecule has 4 aromatic carbocycles. The van der Waals surface area contributed by atoms with Crippen molar-refractivity contribution in [3.8, 4) is 22.3 Å². The molecule has 34 heavy (non-hydrogen) atoms. The molecule has 0 heterocycles. The summed E-state index contributed by atoms with van der Waals surface area (Å²) in [6.45, 7) is 5.72. The third kappa shape index (κ3) is 7.44. The molecule has 0 aromatic heterocycles. The Morgan fingerprint density at radius 1 is 0.676 bits per heavy atom. The summed E-state index contributed by atoms with van der Waals surface area (Å²) < 4.78 is 0. The van der Waals surface area contributed by atoms with Crippen molar-refractivity contribution in [3.63, 3.8) is 0 Å². The molecule has 0 nitrogen and oxygen atoms in total. The van der Waals surface area contributed by atoms with Crippen molar-refractivity contribution in [3.05, 3.63) is 126 Å². The first-order valence-electron chi connectivity index (χ1n) is 11.1. The van der Waals surface area contributed by atoms with Crippen LogP contribution in [0.5, 0.6) is 0 Å². The third-order valence-corrected chi connectivity index (χ3v) is 5.59. The van der Waals surface area contributed by atoms with Gasteiger partial charge in [0.1, 0.15) is 0 Å². The molecule has 4 aromatic rings. The van der Waals surface area contributed by atoms with E-state index in [9.17, 15) is 0 Å². The van der Waals surface area contributed by atoms with Gasteiger partial charge in [-0.25, -0.2) is 0 Å². The van der Waals surface area contributed by atoms with Gasteiger partial charge in [-0.15, -0.1) is 35.9 Å². The van der Waals surface area contributed by atoms with Crippen molar-refractivity contribution < 1.29 is 19.2 Å². The molecule has 0 aliphatic heterocycles. The van der Waals surface area contributed by atoms with Gasteiger partial charge in [-0.1, -0.05) is 84.1 Å². The average molecular weight is 538 g/mol. The molecule has 2 aliphatic rings. The molecule has 0 amide bonds. The van der Waals surface area contributed by atoms with Crippen LogP contribution in [0.25, 0.3) is 22.3 Å². The second kappa shape index (κ2) is 16.1. The van der Waals surface area contributed by atoms with E-state index in [0.29, 0.717) is 0 Å². The third-order valence-electron chi connectivity index (χ3n) is 5.59. The molecule has 2 aliphatic carbocycles. The van der Waals surface area contributed by atoms with Gasteiger partial charge in [-0.2, -0.15) is 66.1 Å². The summed E-state index contributed by atoms with van der Waals surface area (Å²) in [4.78, 5) is 0. The molecule has 176 valence electrons. The van der Waals surface area contributed by atoms with E-state index in [2.05, 4.69) is 98.8 Å². The zero-order valence-electron chi connectivity index (χ0n) is 19.6. The maximum Gasteiger partial charge on any atom is -0.0253 e. The van der Waals surface area contributed by atoms with Crippen LogP contribution < -0.4 is 0 Å². The minimum absolute atomic E-state index is 0. The summed E-state index contributed by atoms with van der Waals surface area (Å²) in [6, 6.07) is 36.2. The first kappa shape index (κ1) is 30.4. The van der Waals surface area contributed by atoms with Gasteiger partial charge in [-0.05, 0) is 12.8 Å². The minimum atomic E-state index is 0. The summed E-state index contributed by atoms with van der Waals surface area (Å²) in [5, 5.41) is 0. The Morgan fingerprint density at radius 2 is 1.03 bits per heavy atom. The number of benzene rings is 4. The van der Waals surface area contributed by atoms with E-state index < -0.39 is 0 Å². The number of hydrogen-bond acceptors (Lipinski definition) is 0.